The fourth-order valence-electron chi connectivity index (χ4n) is 1.04. The van der Waals surface area contributed by atoms with Crippen LogP contribution in [0.5, 0.6) is 12.0 Å². The summed E-state index contributed by atoms with van der Waals surface area (Å²) < 4.78 is 14.5. The van der Waals surface area contributed by atoms with E-state index in [2.05, 4.69) is 19.7 Å². The Morgan fingerprint density at radius 3 is 2.17 bits per heavy atom. The fourth-order valence-corrected chi connectivity index (χ4v) is 1.86. The predicted octanol–water partition coefficient (Wildman–Crippen LogP) is 0.790. The summed E-state index contributed by atoms with van der Waals surface area (Å²) in [4.78, 5) is 23.2. The first-order chi connectivity index (χ1) is 8.60. The number of methoxy groups -OCH3 is 3. The normalized spacial score (nSPS) is 11.8. The molecule has 100 valence electrons. The van der Waals surface area contributed by atoms with E-state index in [-0.39, 0.29) is 23.9 Å². The van der Waals surface area contributed by atoms with E-state index in [0.29, 0.717) is 10.9 Å². The summed E-state index contributed by atoms with van der Waals surface area (Å²) in [6.45, 7) is 1.77. The molecule has 1 aromatic heterocycles. The van der Waals surface area contributed by atoms with E-state index in [1.807, 2.05) is 0 Å². The molecule has 0 amide bonds. The highest BCUT2D eigenvalue weighted by molar-refractivity contribution is 7.99. The van der Waals surface area contributed by atoms with Crippen LogP contribution < -0.4 is 9.47 Å². The highest BCUT2D eigenvalue weighted by Gasteiger charge is 2.15. The van der Waals surface area contributed by atoms with Crippen molar-refractivity contribution in [3.63, 3.8) is 0 Å². The summed E-state index contributed by atoms with van der Waals surface area (Å²) in [7, 11) is 4.28. The van der Waals surface area contributed by atoms with E-state index < -0.39 is 0 Å². The highest BCUT2D eigenvalue weighted by Crippen LogP contribution is 2.21. The first-order valence-corrected chi connectivity index (χ1v) is 6.14. The second-order valence-electron chi connectivity index (χ2n) is 3.33. The molecule has 0 aliphatic heterocycles. The van der Waals surface area contributed by atoms with Crippen molar-refractivity contribution in [2.75, 3.05) is 27.1 Å². The van der Waals surface area contributed by atoms with Crippen LogP contribution in [-0.4, -0.2) is 48.0 Å². The number of nitrogens with zero attached hydrogens (tertiary/aromatic N) is 3. The Labute approximate surface area is 109 Å². The number of rotatable bonds is 6. The summed E-state index contributed by atoms with van der Waals surface area (Å²) in [6.07, 6.45) is 0. The zero-order valence-electron chi connectivity index (χ0n) is 10.7. The van der Waals surface area contributed by atoms with Crippen molar-refractivity contribution >= 4 is 17.7 Å². The van der Waals surface area contributed by atoms with Gasteiger partial charge >= 0.3 is 18.0 Å². The Morgan fingerprint density at radius 2 is 1.72 bits per heavy atom. The number of hydrogen-bond acceptors (Lipinski definition) is 8. The lowest BCUT2D eigenvalue weighted by atomic mass is 10.2. The molecule has 1 atom stereocenters. The first kappa shape index (κ1) is 14.5. The Bertz CT molecular complexity index is 394. The lowest BCUT2D eigenvalue weighted by molar-refractivity contribution is -0.143. The molecule has 0 saturated heterocycles. The maximum Gasteiger partial charge on any atom is 0.323 e. The van der Waals surface area contributed by atoms with Crippen LogP contribution in [0.2, 0.25) is 0 Å². The maximum absolute atomic E-state index is 11.2. The molecular weight excluding hydrogens is 258 g/mol. The van der Waals surface area contributed by atoms with E-state index in [9.17, 15) is 4.79 Å². The van der Waals surface area contributed by atoms with Gasteiger partial charge in [-0.3, -0.25) is 4.79 Å². The van der Waals surface area contributed by atoms with E-state index in [1.165, 1.54) is 33.1 Å². The van der Waals surface area contributed by atoms with Gasteiger partial charge in [-0.25, -0.2) is 0 Å². The molecule has 1 aromatic rings. The number of carbonyl (C=O) groups is 1. The molecule has 0 spiro atoms. The molecule has 0 bridgehead atoms. The van der Waals surface area contributed by atoms with Gasteiger partial charge in [-0.05, 0) is 0 Å². The van der Waals surface area contributed by atoms with Crippen LogP contribution in [0.3, 0.4) is 0 Å². The molecule has 0 radical (unpaired) electrons. The quantitative estimate of drug-likeness (QED) is 0.555. The average Bonchev–Trinajstić information content (AvgIpc) is 2.43. The van der Waals surface area contributed by atoms with Crippen LogP contribution in [0.25, 0.3) is 0 Å². The van der Waals surface area contributed by atoms with Gasteiger partial charge in [0.05, 0.1) is 27.2 Å². The molecule has 7 nitrogen and oxygen atoms in total. The van der Waals surface area contributed by atoms with Gasteiger partial charge in [0.25, 0.3) is 0 Å². The van der Waals surface area contributed by atoms with Crippen molar-refractivity contribution in [2.45, 2.75) is 12.1 Å². The van der Waals surface area contributed by atoms with Crippen molar-refractivity contribution in [3.8, 4) is 12.0 Å². The topological polar surface area (TPSA) is 83.4 Å². The van der Waals surface area contributed by atoms with Crippen molar-refractivity contribution in [1.82, 2.24) is 15.0 Å². The molecule has 0 saturated carbocycles. The SMILES string of the molecule is COC(=O)C(C)CSc1nc(OC)nc(OC)n1. The number of aromatic nitrogens is 3. The maximum atomic E-state index is 11.2. The minimum Gasteiger partial charge on any atom is -0.469 e. The van der Waals surface area contributed by atoms with Gasteiger partial charge in [0.15, 0.2) is 5.16 Å². The molecular formula is C10H15N3O4S. The van der Waals surface area contributed by atoms with Crippen molar-refractivity contribution in [3.05, 3.63) is 0 Å². The van der Waals surface area contributed by atoms with Crippen LogP contribution in [0, 0.1) is 5.92 Å². The van der Waals surface area contributed by atoms with E-state index in [0.717, 1.165) is 0 Å². The average molecular weight is 273 g/mol. The van der Waals surface area contributed by atoms with Crippen molar-refractivity contribution < 1.29 is 19.0 Å². The molecule has 1 rings (SSSR count). The van der Waals surface area contributed by atoms with Gasteiger partial charge in [-0.2, -0.15) is 9.97 Å². The first-order valence-electron chi connectivity index (χ1n) is 5.15. The van der Waals surface area contributed by atoms with Gasteiger partial charge in [0.1, 0.15) is 0 Å². The van der Waals surface area contributed by atoms with Crippen LogP contribution in [-0.2, 0) is 9.53 Å². The van der Waals surface area contributed by atoms with E-state index in [1.54, 1.807) is 6.92 Å². The summed E-state index contributed by atoms with van der Waals surface area (Å²) in [5.74, 6) is -0.00699. The number of hydrogen-bond donors (Lipinski definition) is 0. The molecule has 0 N–H and O–H groups in total. The fraction of sp³-hybridized carbons (Fsp3) is 0.600. The van der Waals surface area contributed by atoms with Gasteiger partial charge in [0, 0.05) is 5.75 Å². The Balaban J connectivity index is 2.69. The van der Waals surface area contributed by atoms with E-state index in [4.69, 9.17) is 9.47 Å². The smallest absolute Gasteiger partial charge is 0.323 e. The van der Waals surface area contributed by atoms with Crippen molar-refractivity contribution in [1.29, 1.82) is 0 Å². The minimum atomic E-state index is -0.268. The third-order valence-electron chi connectivity index (χ3n) is 2.00. The van der Waals surface area contributed by atoms with Gasteiger partial charge < -0.3 is 14.2 Å². The Morgan fingerprint density at radius 1 is 1.17 bits per heavy atom. The standard InChI is InChI=1S/C10H15N3O4S/c1-6(7(14)15-2)5-18-10-12-8(16-3)11-9(13-10)17-4/h6H,5H2,1-4H3. The van der Waals surface area contributed by atoms with Gasteiger partial charge in [0.2, 0.25) is 0 Å². The highest BCUT2D eigenvalue weighted by atomic mass is 32.2. The number of thioether (sulfide) groups is 1. The van der Waals surface area contributed by atoms with Gasteiger partial charge in [-0.1, -0.05) is 18.7 Å². The van der Waals surface area contributed by atoms with E-state index >= 15 is 0 Å². The van der Waals surface area contributed by atoms with Gasteiger partial charge in [-0.15, -0.1) is 4.98 Å². The van der Waals surface area contributed by atoms with Crippen molar-refractivity contribution in [2.24, 2.45) is 5.92 Å². The number of carbonyl (C=O) groups excluding carboxylic acids is 1. The second-order valence-corrected chi connectivity index (χ2v) is 4.31. The summed E-state index contributed by atoms with van der Waals surface area (Å²) >= 11 is 1.31. The number of ether oxygens (including phenoxy) is 3. The monoisotopic (exact) mass is 273 g/mol. The molecule has 0 aromatic carbocycles. The lowest BCUT2D eigenvalue weighted by Gasteiger charge is -2.08. The molecule has 0 aliphatic carbocycles. The summed E-state index contributed by atoms with van der Waals surface area (Å²) in [5.41, 5.74) is 0. The summed E-state index contributed by atoms with van der Waals surface area (Å²) in [5, 5.41) is 0.439. The Hall–Kier alpha value is -1.57. The molecule has 0 aliphatic rings. The third-order valence-corrected chi connectivity index (χ3v) is 3.11. The lowest BCUT2D eigenvalue weighted by Crippen LogP contribution is -2.15. The number of esters is 1. The minimum absolute atomic E-state index is 0.176. The molecule has 18 heavy (non-hydrogen) atoms. The van der Waals surface area contributed by atoms with Crippen LogP contribution in [0.4, 0.5) is 0 Å². The van der Waals surface area contributed by atoms with Crippen LogP contribution in [0.15, 0.2) is 5.16 Å². The summed E-state index contributed by atoms with van der Waals surface area (Å²) in [6, 6.07) is 0.352. The second kappa shape index (κ2) is 7.00. The predicted molar refractivity (Wildman–Crippen MR) is 64.8 cm³/mol. The third kappa shape index (κ3) is 4.02. The molecule has 1 heterocycles. The van der Waals surface area contributed by atoms with Crippen LogP contribution in [0.1, 0.15) is 6.92 Å². The zero-order valence-corrected chi connectivity index (χ0v) is 11.5. The zero-order chi connectivity index (χ0) is 13.5. The molecule has 1 unspecified atom stereocenters. The largest absolute Gasteiger partial charge is 0.469 e. The Kier molecular flexibility index (Phi) is 5.63. The molecule has 8 heteroatoms. The molecule has 0 fully saturated rings. The van der Waals surface area contributed by atoms with Crippen LogP contribution >= 0.6 is 11.8 Å².